The van der Waals surface area contributed by atoms with Crippen molar-refractivity contribution in [1.82, 2.24) is 10.3 Å². The van der Waals surface area contributed by atoms with Gasteiger partial charge in [-0.25, -0.2) is 4.98 Å². The number of nitrogens with zero attached hydrogens (tertiary/aromatic N) is 1. The Kier molecular flexibility index (Phi) is 6.44. The zero-order valence-electron chi connectivity index (χ0n) is 15.2. The molecule has 4 nitrogen and oxygen atoms in total. The number of benzene rings is 2. The second kappa shape index (κ2) is 8.84. The summed E-state index contributed by atoms with van der Waals surface area (Å²) in [6, 6.07) is 11.7. The summed E-state index contributed by atoms with van der Waals surface area (Å²) in [6.07, 6.45) is -4.47. The molecule has 0 saturated heterocycles. The van der Waals surface area contributed by atoms with E-state index >= 15 is 0 Å². The Morgan fingerprint density at radius 1 is 1.21 bits per heavy atom. The molecule has 3 aromatic rings. The van der Waals surface area contributed by atoms with Crippen molar-refractivity contribution in [1.29, 1.82) is 0 Å². The molecule has 0 aliphatic rings. The molecular weight excluding hydrogens is 425 g/mol. The molecule has 0 atom stereocenters. The van der Waals surface area contributed by atoms with E-state index in [0.717, 1.165) is 33.3 Å². The lowest BCUT2D eigenvalue weighted by Crippen LogP contribution is -2.28. The molecule has 0 spiro atoms. The highest BCUT2D eigenvalue weighted by atomic mass is 35.5. The summed E-state index contributed by atoms with van der Waals surface area (Å²) in [7, 11) is 0. The van der Waals surface area contributed by atoms with Gasteiger partial charge in [-0.05, 0) is 31.2 Å². The Labute approximate surface area is 174 Å². The molecule has 3 rings (SSSR count). The molecule has 29 heavy (non-hydrogen) atoms. The summed E-state index contributed by atoms with van der Waals surface area (Å²) >= 11 is 7.61. The zero-order valence-corrected chi connectivity index (χ0v) is 16.8. The number of aromatic nitrogens is 1. The number of hydrogen-bond donors (Lipinski definition) is 1. The van der Waals surface area contributed by atoms with Gasteiger partial charge in [0.1, 0.15) is 10.8 Å². The van der Waals surface area contributed by atoms with Crippen LogP contribution in [0.25, 0.3) is 10.6 Å². The van der Waals surface area contributed by atoms with Crippen LogP contribution in [-0.4, -0.2) is 17.5 Å². The summed E-state index contributed by atoms with van der Waals surface area (Å²) in [6.45, 7) is 1.67. The SMILES string of the molecule is Cc1nc(-c2ccccc2Cl)sc1CNC(=O)COc1cccc(C(F)(F)F)c1. The highest BCUT2D eigenvalue weighted by Gasteiger charge is 2.30. The van der Waals surface area contributed by atoms with Crippen LogP contribution in [-0.2, 0) is 17.5 Å². The number of thiazole rings is 1. The van der Waals surface area contributed by atoms with Crippen LogP contribution in [0.3, 0.4) is 0 Å². The average molecular weight is 441 g/mol. The molecule has 0 radical (unpaired) electrons. The number of aryl methyl sites for hydroxylation is 1. The van der Waals surface area contributed by atoms with Crippen molar-refractivity contribution in [3.05, 3.63) is 69.7 Å². The number of ether oxygens (including phenoxy) is 1. The maximum Gasteiger partial charge on any atom is 0.416 e. The van der Waals surface area contributed by atoms with Crippen LogP contribution in [0.4, 0.5) is 13.2 Å². The predicted octanol–water partition coefficient (Wildman–Crippen LogP) is 5.49. The zero-order chi connectivity index (χ0) is 21.0. The van der Waals surface area contributed by atoms with Crippen LogP contribution in [0, 0.1) is 6.92 Å². The lowest BCUT2D eigenvalue weighted by molar-refractivity contribution is -0.137. The third-order valence-corrected chi connectivity index (χ3v) is 5.49. The summed E-state index contributed by atoms with van der Waals surface area (Å²) in [5.74, 6) is -0.473. The number of halogens is 4. The van der Waals surface area contributed by atoms with E-state index in [9.17, 15) is 18.0 Å². The topological polar surface area (TPSA) is 51.2 Å². The van der Waals surface area contributed by atoms with Crippen LogP contribution < -0.4 is 10.1 Å². The lowest BCUT2D eigenvalue weighted by Gasteiger charge is -2.10. The lowest BCUT2D eigenvalue weighted by atomic mass is 10.2. The third-order valence-electron chi connectivity index (χ3n) is 3.97. The molecular formula is C20H16ClF3N2O2S. The fourth-order valence-electron chi connectivity index (χ4n) is 2.48. The molecule has 1 amide bonds. The molecule has 1 heterocycles. The van der Waals surface area contributed by atoms with Gasteiger partial charge < -0.3 is 10.1 Å². The van der Waals surface area contributed by atoms with Crippen molar-refractivity contribution in [3.8, 4) is 16.3 Å². The van der Waals surface area contributed by atoms with Crippen LogP contribution in [0.2, 0.25) is 5.02 Å². The Balaban J connectivity index is 1.57. The largest absolute Gasteiger partial charge is 0.484 e. The third kappa shape index (κ3) is 5.48. The molecule has 0 aliphatic carbocycles. The second-order valence-electron chi connectivity index (χ2n) is 6.10. The first kappa shape index (κ1) is 21.1. The Morgan fingerprint density at radius 2 is 1.97 bits per heavy atom. The van der Waals surface area contributed by atoms with Crippen LogP contribution in [0.1, 0.15) is 16.1 Å². The van der Waals surface area contributed by atoms with Crippen molar-refractivity contribution < 1.29 is 22.7 Å². The minimum atomic E-state index is -4.47. The maximum absolute atomic E-state index is 12.7. The first-order chi connectivity index (χ1) is 13.7. The highest BCUT2D eigenvalue weighted by Crippen LogP contribution is 2.33. The van der Waals surface area contributed by atoms with Crippen molar-refractivity contribution in [2.24, 2.45) is 0 Å². The van der Waals surface area contributed by atoms with Gasteiger partial charge in [0.25, 0.3) is 5.91 Å². The molecule has 0 unspecified atom stereocenters. The smallest absolute Gasteiger partial charge is 0.416 e. The molecule has 1 aromatic heterocycles. The van der Waals surface area contributed by atoms with Gasteiger partial charge in [-0.3, -0.25) is 4.79 Å². The van der Waals surface area contributed by atoms with E-state index in [2.05, 4.69) is 10.3 Å². The van der Waals surface area contributed by atoms with E-state index in [-0.39, 0.29) is 12.3 Å². The number of carbonyl (C=O) groups is 1. The molecule has 152 valence electrons. The first-order valence-electron chi connectivity index (χ1n) is 8.52. The van der Waals surface area contributed by atoms with Gasteiger partial charge >= 0.3 is 6.18 Å². The van der Waals surface area contributed by atoms with E-state index in [4.69, 9.17) is 16.3 Å². The summed E-state index contributed by atoms with van der Waals surface area (Å²) in [5, 5.41) is 4.02. The fourth-order valence-corrected chi connectivity index (χ4v) is 3.81. The van der Waals surface area contributed by atoms with E-state index in [1.54, 1.807) is 6.07 Å². The minimum Gasteiger partial charge on any atom is -0.484 e. The molecule has 2 aromatic carbocycles. The minimum absolute atomic E-state index is 0.0232. The molecule has 0 saturated carbocycles. The van der Waals surface area contributed by atoms with Gasteiger partial charge in [-0.15, -0.1) is 11.3 Å². The van der Waals surface area contributed by atoms with Gasteiger partial charge in [-0.2, -0.15) is 13.2 Å². The monoisotopic (exact) mass is 440 g/mol. The number of amides is 1. The second-order valence-corrected chi connectivity index (χ2v) is 7.59. The van der Waals surface area contributed by atoms with E-state index in [0.29, 0.717) is 5.02 Å². The van der Waals surface area contributed by atoms with Gasteiger partial charge in [-0.1, -0.05) is 35.9 Å². The number of carbonyl (C=O) groups excluding carboxylic acids is 1. The average Bonchev–Trinajstić information content (AvgIpc) is 3.05. The summed E-state index contributed by atoms with van der Waals surface area (Å²) in [4.78, 5) is 17.4. The van der Waals surface area contributed by atoms with Gasteiger partial charge in [0.05, 0.1) is 22.8 Å². The predicted molar refractivity (Wildman–Crippen MR) is 106 cm³/mol. The van der Waals surface area contributed by atoms with Crippen LogP contribution >= 0.6 is 22.9 Å². The number of hydrogen-bond acceptors (Lipinski definition) is 4. The van der Waals surface area contributed by atoms with E-state index < -0.39 is 24.3 Å². The summed E-state index contributed by atoms with van der Waals surface area (Å²) in [5.41, 5.74) is 0.750. The van der Waals surface area contributed by atoms with Gasteiger partial charge in [0.15, 0.2) is 6.61 Å². The normalized spacial score (nSPS) is 11.3. The Bertz CT molecular complexity index is 1020. The molecule has 0 aliphatic heterocycles. The maximum atomic E-state index is 12.7. The molecule has 0 bridgehead atoms. The van der Waals surface area contributed by atoms with E-state index in [1.165, 1.54) is 23.5 Å². The molecule has 9 heteroatoms. The molecule has 0 fully saturated rings. The summed E-state index contributed by atoms with van der Waals surface area (Å²) < 4.78 is 43.3. The van der Waals surface area contributed by atoms with E-state index in [1.807, 2.05) is 25.1 Å². The highest BCUT2D eigenvalue weighted by molar-refractivity contribution is 7.15. The van der Waals surface area contributed by atoms with Crippen molar-refractivity contribution in [2.75, 3.05) is 6.61 Å². The Morgan fingerprint density at radius 3 is 2.69 bits per heavy atom. The van der Waals surface area contributed by atoms with Crippen molar-refractivity contribution >= 4 is 28.8 Å². The number of rotatable bonds is 6. The van der Waals surface area contributed by atoms with Crippen LogP contribution in [0.15, 0.2) is 48.5 Å². The standard InChI is InChI=1S/C20H16ClF3N2O2S/c1-12-17(29-19(26-12)15-7-2-3-8-16(15)21)10-25-18(27)11-28-14-6-4-5-13(9-14)20(22,23)24/h2-9H,10-11H2,1H3,(H,25,27). The van der Waals surface area contributed by atoms with Gasteiger partial charge in [0.2, 0.25) is 0 Å². The Hall–Kier alpha value is -2.58. The number of nitrogens with one attached hydrogen (secondary N) is 1. The fraction of sp³-hybridized carbons (Fsp3) is 0.200. The first-order valence-corrected chi connectivity index (χ1v) is 9.71. The number of alkyl halides is 3. The van der Waals surface area contributed by atoms with Gasteiger partial charge in [0, 0.05) is 10.4 Å². The quantitative estimate of drug-likeness (QED) is 0.551. The molecule has 1 N–H and O–H groups in total. The van der Waals surface area contributed by atoms with Crippen LogP contribution in [0.5, 0.6) is 5.75 Å². The van der Waals surface area contributed by atoms with Crippen molar-refractivity contribution in [3.63, 3.8) is 0 Å². The van der Waals surface area contributed by atoms with Crippen molar-refractivity contribution in [2.45, 2.75) is 19.6 Å².